The van der Waals surface area contributed by atoms with Crippen LogP contribution in [0.4, 0.5) is 0 Å². The minimum atomic E-state index is 0.244. The number of hydrogen-bond acceptors (Lipinski definition) is 3. The highest BCUT2D eigenvalue weighted by Gasteiger charge is 2.34. The third-order valence-corrected chi connectivity index (χ3v) is 4.71. The molecule has 1 aromatic rings. The summed E-state index contributed by atoms with van der Waals surface area (Å²) in [4.78, 5) is 0. The van der Waals surface area contributed by atoms with Crippen molar-refractivity contribution in [2.24, 2.45) is 11.8 Å². The van der Waals surface area contributed by atoms with Crippen molar-refractivity contribution in [2.45, 2.75) is 25.4 Å². The maximum atomic E-state index is 6.34. The zero-order chi connectivity index (χ0) is 13.8. The lowest BCUT2D eigenvalue weighted by Crippen LogP contribution is -2.39. The van der Waals surface area contributed by atoms with Gasteiger partial charge in [-0.25, -0.2) is 0 Å². The smallest absolute Gasteiger partial charge is 0.138 e. The van der Waals surface area contributed by atoms with E-state index in [2.05, 4.69) is 5.32 Å². The Labute approximate surface area is 125 Å². The van der Waals surface area contributed by atoms with E-state index in [0.717, 1.165) is 44.9 Å². The third-order valence-electron chi connectivity index (χ3n) is 4.39. The van der Waals surface area contributed by atoms with Gasteiger partial charge in [0.1, 0.15) is 11.9 Å². The Balaban J connectivity index is 1.75. The topological polar surface area (TPSA) is 30.5 Å². The molecule has 1 aromatic carbocycles. The molecule has 2 fully saturated rings. The van der Waals surface area contributed by atoms with Gasteiger partial charge in [0.15, 0.2) is 0 Å². The largest absolute Gasteiger partial charge is 0.488 e. The van der Waals surface area contributed by atoms with Crippen LogP contribution in [0.2, 0.25) is 5.02 Å². The van der Waals surface area contributed by atoms with Crippen molar-refractivity contribution in [1.29, 1.82) is 0 Å². The average Bonchev–Trinajstić information content (AvgIpc) is 3.01. The normalized spacial score (nSPS) is 25.6. The van der Waals surface area contributed by atoms with Crippen molar-refractivity contribution in [3.05, 3.63) is 29.3 Å². The van der Waals surface area contributed by atoms with Crippen molar-refractivity contribution in [1.82, 2.24) is 5.32 Å². The Hall–Kier alpha value is -0.770. The molecule has 0 bridgehead atoms. The second kappa shape index (κ2) is 6.79. The zero-order valence-corrected chi connectivity index (χ0v) is 12.4. The highest BCUT2D eigenvalue weighted by atomic mass is 35.5. The lowest BCUT2D eigenvalue weighted by molar-refractivity contribution is -0.00129. The molecule has 2 aliphatic heterocycles. The Kier molecular flexibility index (Phi) is 4.81. The summed E-state index contributed by atoms with van der Waals surface area (Å²) in [6, 6.07) is 7.78. The Morgan fingerprint density at radius 1 is 1.15 bits per heavy atom. The molecule has 3 rings (SSSR count). The summed E-state index contributed by atoms with van der Waals surface area (Å²) in [5, 5.41) is 4.15. The van der Waals surface area contributed by atoms with Crippen molar-refractivity contribution in [3.8, 4) is 5.75 Å². The first-order valence-electron chi connectivity index (χ1n) is 7.54. The van der Waals surface area contributed by atoms with Crippen molar-refractivity contribution in [2.75, 3.05) is 26.3 Å². The van der Waals surface area contributed by atoms with Crippen LogP contribution in [0.15, 0.2) is 24.3 Å². The molecular weight excluding hydrogens is 274 g/mol. The SMILES string of the molecule is Clc1ccccc1O[C@H](C1CCOCC1)[C@H]1CCNC1. The number of nitrogens with one attached hydrogen (secondary N) is 1. The fraction of sp³-hybridized carbons (Fsp3) is 0.625. The predicted octanol–water partition coefficient (Wildman–Crippen LogP) is 3.12. The van der Waals surface area contributed by atoms with Gasteiger partial charge in [-0.05, 0) is 37.9 Å². The number of ether oxygens (including phenoxy) is 2. The minimum Gasteiger partial charge on any atom is -0.488 e. The van der Waals surface area contributed by atoms with Gasteiger partial charge in [0, 0.05) is 31.6 Å². The average molecular weight is 296 g/mol. The molecule has 3 nitrogen and oxygen atoms in total. The fourth-order valence-electron chi connectivity index (χ4n) is 3.27. The molecule has 0 aliphatic carbocycles. The first-order chi connectivity index (χ1) is 9.84. The van der Waals surface area contributed by atoms with E-state index in [-0.39, 0.29) is 6.10 Å². The first-order valence-corrected chi connectivity index (χ1v) is 7.92. The summed E-state index contributed by atoms with van der Waals surface area (Å²) in [6.07, 6.45) is 3.61. The van der Waals surface area contributed by atoms with Gasteiger partial charge in [-0.2, -0.15) is 0 Å². The molecule has 2 aliphatic rings. The van der Waals surface area contributed by atoms with Gasteiger partial charge in [-0.15, -0.1) is 0 Å². The quantitative estimate of drug-likeness (QED) is 0.926. The monoisotopic (exact) mass is 295 g/mol. The number of rotatable bonds is 4. The van der Waals surface area contributed by atoms with Crippen LogP contribution in [0.1, 0.15) is 19.3 Å². The number of halogens is 1. The molecule has 0 radical (unpaired) electrons. The van der Waals surface area contributed by atoms with E-state index in [1.54, 1.807) is 0 Å². The molecule has 2 atom stereocenters. The molecule has 2 saturated heterocycles. The van der Waals surface area contributed by atoms with E-state index in [1.165, 1.54) is 6.42 Å². The van der Waals surface area contributed by atoms with E-state index in [0.29, 0.717) is 16.9 Å². The standard InChI is InChI=1S/C16H22ClNO2/c17-14-3-1-2-4-15(14)20-16(13-5-8-18-11-13)12-6-9-19-10-7-12/h1-4,12-13,16,18H,5-11H2/t13-,16+/m0/s1. The second-order valence-electron chi connectivity index (χ2n) is 5.72. The van der Waals surface area contributed by atoms with Crippen LogP contribution in [-0.2, 0) is 4.74 Å². The number of hydrogen-bond donors (Lipinski definition) is 1. The van der Waals surface area contributed by atoms with Crippen LogP contribution >= 0.6 is 11.6 Å². The Bertz CT molecular complexity index is 428. The molecule has 0 saturated carbocycles. The summed E-state index contributed by atoms with van der Waals surface area (Å²) >= 11 is 6.25. The van der Waals surface area contributed by atoms with E-state index < -0.39 is 0 Å². The minimum absolute atomic E-state index is 0.244. The third kappa shape index (κ3) is 3.27. The summed E-state index contributed by atoms with van der Waals surface area (Å²) in [5.41, 5.74) is 0. The summed E-state index contributed by atoms with van der Waals surface area (Å²) in [5.74, 6) is 1.97. The van der Waals surface area contributed by atoms with Crippen molar-refractivity contribution < 1.29 is 9.47 Å². The molecule has 0 aromatic heterocycles. The van der Waals surface area contributed by atoms with Crippen LogP contribution in [0.25, 0.3) is 0 Å². The Morgan fingerprint density at radius 3 is 2.65 bits per heavy atom. The molecule has 1 N–H and O–H groups in total. The van der Waals surface area contributed by atoms with Gasteiger partial charge in [-0.1, -0.05) is 23.7 Å². The van der Waals surface area contributed by atoms with Crippen LogP contribution in [-0.4, -0.2) is 32.4 Å². The maximum absolute atomic E-state index is 6.34. The number of benzene rings is 1. The van der Waals surface area contributed by atoms with Gasteiger partial charge in [0.25, 0.3) is 0 Å². The molecule has 110 valence electrons. The van der Waals surface area contributed by atoms with E-state index in [9.17, 15) is 0 Å². The molecule has 0 spiro atoms. The Morgan fingerprint density at radius 2 is 1.95 bits per heavy atom. The van der Waals surface area contributed by atoms with Crippen LogP contribution < -0.4 is 10.1 Å². The van der Waals surface area contributed by atoms with Crippen LogP contribution in [0.5, 0.6) is 5.75 Å². The van der Waals surface area contributed by atoms with Gasteiger partial charge in [-0.3, -0.25) is 0 Å². The lowest BCUT2D eigenvalue weighted by Gasteiger charge is -2.34. The zero-order valence-electron chi connectivity index (χ0n) is 11.7. The fourth-order valence-corrected chi connectivity index (χ4v) is 3.45. The molecule has 20 heavy (non-hydrogen) atoms. The summed E-state index contributed by atoms with van der Waals surface area (Å²) in [7, 11) is 0. The predicted molar refractivity (Wildman–Crippen MR) is 80.4 cm³/mol. The maximum Gasteiger partial charge on any atom is 0.138 e. The van der Waals surface area contributed by atoms with Crippen molar-refractivity contribution in [3.63, 3.8) is 0 Å². The number of para-hydroxylation sites is 1. The van der Waals surface area contributed by atoms with Gasteiger partial charge in [0.05, 0.1) is 5.02 Å². The van der Waals surface area contributed by atoms with E-state index >= 15 is 0 Å². The molecule has 2 heterocycles. The molecule has 0 amide bonds. The van der Waals surface area contributed by atoms with Gasteiger partial charge < -0.3 is 14.8 Å². The van der Waals surface area contributed by atoms with E-state index in [1.807, 2.05) is 24.3 Å². The second-order valence-corrected chi connectivity index (χ2v) is 6.12. The van der Waals surface area contributed by atoms with Crippen LogP contribution in [0, 0.1) is 11.8 Å². The van der Waals surface area contributed by atoms with E-state index in [4.69, 9.17) is 21.1 Å². The molecule has 4 heteroatoms. The van der Waals surface area contributed by atoms with Gasteiger partial charge >= 0.3 is 0 Å². The summed E-state index contributed by atoms with van der Waals surface area (Å²) < 4.78 is 11.8. The first kappa shape index (κ1) is 14.2. The lowest BCUT2D eigenvalue weighted by atomic mass is 9.85. The molecular formula is C16H22ClNO2. The highest BCUT2D eigenvalue weighted by molar-refractivity contribution is 6.32. The summed E-state index contributed by atoms with van der Waals surface area (Å²) in [6.45, 7) is 3.85. The van der Waals surface area contributed by atoms with Crippen LogP contribution in [0.3, 0.4) is 0 Å². The van der Waals surface area contributed by atoms with Crippen molar-refractivity contribution >= 4 is 11.6 Å². The highest BCUT2D eigenvalue weighted by Crippen LogP contribution is 2.33. The molecule has 0 unspecified atom stereocenters. The van der Waals surface area contributed by atoms with Gasteiger partial charge in [0.2, 0.25) is 0 Å².